The molecule has 0 amide bonds. The smallest absolute Gasteiger partial charge is 0.261 e. The Balaban J connectivity index is 2.10. The fourth-order valence-electron chi connectivity index (χ4n) is 1.55. The second-order valence-corrected chi connectivity index (χ2v) is 4.02. The zero-order valence-corrected chi connectivity index (χ0v) is 10.1. The number of aromatic nitrogens is 3. The number of rotatable bonds is 5. The Hall–Kier alpha value is -1.47. The summed E-state index contributed by atoms with van der Waals surface area (Å²) in [7, 11) is 0. The molecule has 0 spiro atoms. The van der Waals surface area contributed by atoms with Crippen LogP contribution in [0.1, 0.15) is 0 Å². The summed E-state index contributed by atoms with van der Waals surface area (Å²) in [4.78, 5) is 8.18. The molecule has 98 valence electrons. The fraction of sp³-hybridized carbons (Fsp3) is 0.400. The van der Waals surface area contributed by atoms with Crippen LogP contribution in [0.5, 0.6) is 0 Å². The number of hydrogen-bond donors (Lipinski definition) is 1. The van der Waals surface area contributed by atoms with Crippen LogP contribution in [0.3, 0.4) is 0 Å². The number of alkyl halides is 2. The van der Waals surface area contributed by atoms with Crippen molar-refractivity contribution in [1.82, 2.24) is 14.5 Å². The van der Waals surface area contributed by atoms with Gasteiger partial charge in [0, 0.05) is 6.20 Å². The molecule has 0 bridgehead atoms. The van der Waals surface area contributed by atoms with Gasteiger partial charge in [0.05, 0.1) is 18.2 Å². The van der Waals surface area contributed by atoms with Crippen LogP contribution in [0.15, 0.2) is 12.3 Å². The number of anilines is 1. The van der Waals surface area contributed by atoms with Crippen molar-refractivity contribution in [1.29, 1.82) is 0 Å². The van der Waals surface area contributed by atoms with Crippen LogP contribution < -0.4 is 5.73 Å². The maximum Gasteiger partial charge on any atom is 0.261 e. The Morgan fingerprint density at radius 3 is 3.00 bits per heavy atom. The van der Waals surface area contributed by atoms with Crippen molar-refractivity contribution in [3.05, 3.63) is 17.3 Å². The first-order valence-corrected chi connectivity index (χ1v) is 5.59. The number of halogens is 3. The highest BCUT2D eigenvalue weighted by molar-refractivity contribution is 6.31. The maximum atomic E-state index is 11.9. The highest BCUT2D eigenvalue weighted by Gasteiger charge is 2.10. The molecule has 0 aromatic carbocycles. The molecule has 2 heterocycles. The molecule has 2 N–H and O–H groups in total. The molecule has 2 rings (SSSR count). The van der Waals surface area contributed by atoms with E-state index in [4.69, 9.17) is 22.1 Å². The largest absolute Gasteiger partial charge is 0.374 e. The molecule has 0 atom stereocenters. The molecule has 2 aromatic rings. The highest BCUT2D eigenvalue weighted by Crippen LogP contribution is 2.18. The van der Waals surface area contributed by atoms with Gasteiger partial charge >= 0.3 is 0 Å². The normalized spacial score (nSPS) is 11.6. The number of hydrogen-bond acceptors (Lipinski definition) is 4. The number of fused-ring (bicyclic) bond motifs is 1. The van der Waals surface area contributed by atoms with Crippen molar-refractivity contribution in [2.75, 3.05) is 18.9 Å². The quantitative estimate of drug-likeness (QED) is 0.848. The minimum absolute atomic E-state index is 0.115. The van der Waals surface area contributed by atoms with E-state index in [1.54, 1.807) is 10.6 Å². The molecule has 2 aromatic heterocycles. The number of nitrogen functional groups attached to an aromatic ring is 1. The zero-order chi connectivity index (χ0) is 13.1. The number of nitrogens with two attached hydrogens (primary N) is 1. The van der Waals surface area contributed by atoms with E-state index in [-0.39, 0.29) is 12.6 Å². The zero-order valence-electron chi connectivity index (χ0n) is 9.31. The van der Waals surface area contributed by atoms with E-state index in [1.165, 1.54) is 6.20 Å². The average molecular weight is 277 g/mol. The SMILES string of the molecule is Nc1nc2cc(Cl)cnc2n1CCOCC(F)F. The molecule has 0 aliphatic rings. The molecular formula is C10H11ClF2N4O. The Bertz CT molecular complexity index is 546. The van der Waals surface area contributed by atoms with Gasteiger partial charge in [-0.05, 0) is 6.07 Å². The van der Waals surface area contributed by atoms with Gasteiger partial charge in [-0.3, -0.25) is 4.57 Å². The molecular weight excluding hydrogens is 266 g/mol. The van der Waals surface area contributed by atoms with Gasteiger partial charge in [0.25, 0.3) is 6.43 Å². The van der Waals surface area contributed by atoms with Crippen molar-refractivity contribution in [2.45, 2.75) is 13.0 Å². The number of pyridine rings is 1. The van der Waals surface area contributed by atoms with E-state index in [0.717, 1.165) is 0 Å². The molecule has 5 nitrogen and oxygen atoms in total. The van der Waals surface area contributed by atoms with E-state index >= 15 is 0 Å². The van der Waals surface area contributed by atoms with E-state index in [9.17, 15) is 8.78 Å². The van der Waals surface area contributed by atoms with E-state index in [1.807, 2.05) is 0 Å². The van der Waals surface area contributed by atoms with Crippen molar-refractivity contribution >= 4 is 28.7 Å². The summed E-state index contributed by atoms with van der Waals surface area (Å²) in [5, 5.41) is 0.459. The topological polar surface area (TPSA) is 66.0 Å². The summed E-state index contributed by atoms with van der Waals surface area (Å²) in [6, 6.07) is 1.64. The first-order chi connectivity index (χ1) is 8.58. The Labute approximate surface area is 107 Å². The van der Waals surface area contributed by atoms with Crippen molar-refractivity contribution in [3.8, 4) is 0 Å². The first-order valence-electron chi connectivity index (χ1n) is 5.21. The van der Waals surface area contributed by atoms with Gasteiger partial charge in [-0.2, -0.15) is 0 Å². The minimum atomic E-state index is -2.47. The van der Waals surface area contributed by atoms with Crippen LogP contribution in [0.2, 0.25) is 5.02 Å². The summed E-state index contributed by atoms with van der Waals surface area (Å²) in [5.41, 5.74) is 6.83. The van der Waals surface area contributed by atoms with Gasteiger partial charge in [0.2, 0.25) is 5.95 Å². The third-order valence-electron chi connectivity index (χ3n) is 2.28. The van der Waals surface area contributed by atoms with Gasteiger partial charge in [-0.1, -0.05) is 11.6 Å². The standard InChI is InChI=1S/C10H11ClF2N4O/c11-6-3-7-9(15-4-6)17(10(14)16-7)1-2-18-5-8(12)13/h3-4,8H,1-2,5H2,(H2,14,16). The third-order valence-corrected chi connectivity index (χ3v) is 2.49. The number of imidazole rings is 1. The van der Waals surface area contributed by atoms with Gasteiger partial charge < -0.3 is 10.5 Å². The molecule has 8 heteroatoms. The lowest BCUT2D eigenvalue weighted by atomic mass is 10.4. The molecule has 0 unspecified atom stereocenters. The Kier molecular flexibility index (Phi) is 3.93. The molecule has 18 heavy (non-hydrogen) atoms. The van der Waals surface area contributed by atoms with Crippen LogP contribution in [-0.2, 0) is 11.3 Å². The maximum absolute atomic E-state index is 11.9. The van der Waals surface area contributed by atoms with E-state index in [0.29, 0.717) is 22.7 Å². The second-order valence-electron chi connectivity index (χ2n) is 3.58. The molecule has 0 aliphatic heterocycles. The summed E-state index contributed by atoms with van der Waals surface area (Å²) < 4.78 is 30.1. The number of ether oxygens (including phenoxy) is 1. The predicted octanol–water partition coefficient (Wildman–Crippen LogP) is 1.95. The van der Waals surface area contributed by atoms with Crippen LogP contribution in [0.25, 0.3) is 11.2 Å². The number of nitrogens with zero attached hydrogens (tertiary/aromatic N) is 3. The minimum Gasteiger partial charge on any atom is -0.374 e. The molecule has 0 fully saturated rings. The van der Waals surface area contributed by atoms with Crippen LogP contribution in [-0.4, -0.2) is 34.2 Å². The summed E-state index contributed by atoms with van der Waals surface area (Å²) >= 11 is 5.78. The second kappa shape index (κ2) is 5.45. The predicted molar refractivity (Wildman–Crippen MR) is 63.8 cm³/mol. The van der Waals surface area contributed by atoms with Gasteiger partial charge in [0.15, 0.2) is 5.65 Å². The van der Waals surface area contributed by atoms with Gasteiger partial charge in [0.1, 0.15) is 12.1 Å². The van der Waals surface area contributed by atoms with Crippen LogP contribution in [0, 0.1) is 0 Å². The van der Waals surface area contributed by atoms with Gasteiger partial charge in [-0.15, -0.1) is 0 Å². The van der Waals surface area contributed by atoms with Crippen molar-refractivity contribution in [2.24, 2.45) is 0 Å². The van der Waals surface area contributed by atoms with Crippen LogP contribution in [0.4, 0.5) is 14.7 Å². The summed E-state index contributed by atoms with van der Waals surface area (Å²) in [6.07, 6.45) is -1.000. The van der Waals surface area contributed by atoms with Crippen molar-refractivity contribution in [3.63, 3.8) is 0 Å². The highest BCUT2D eigenvalue weighted by atomic mass is 35.5. The lowest BCUT2D eigenvalue weighted by Crippen LogP contribution is -2.12. The molecule has 0 saturated heterocycles. The molecule has 0 radical (unpaired) electrons. The lowest BCUT2D eigenvalue weighted by Gasteiger charge is -2.06. The lowest BCUT2D eigenvalue weighted by molar-refractivity contribution is 0.0151. The Morgan fingerprint density at radius 2 is 2.28 bits per heavy atom. The Morgan fingerprint density at radius 1 is 1.50 bits per heavy atom. The monoisotopic (exact) mass is 276 g/mol. The van der Waals surface area contributed by atoms with E-state index in [2.05, 4.69) is 9.97 Å². The summed E-state index contributed by atoms with van der Waals surface area (Å²) in [6.45, 7) is -0.167. The molecule has 0 saturated carbocycles. The van der Waals surface area contributed by atoms with Crippen LogP contribution >= 0.6 is 11.6 Å². The first kappa shape index (κ1) is 13.0. The van der Waals surface area contributed by atoms with E-state index < -0.39 is 13.0 Å². The molecule has 0 aliphatic carbocycles. The van der Waals surface area contributed by atoms with Gasteiger partial charge in [-0.25, -0.2) is 18.7 Å². The van der Waals surface area contributed by atoms with Crippen molar-refractivity contribution < 1.29 is 13.5 Å². The average Bonchev–Trinajstić information content (AvgIpc) is 2.59. The fourth-order valence-corrected chi connectivity index (χ4v) is 1.70. The third kappa shape index (κ3) is 2.85. The summed E-state index contributed by atoms with van der Waals surface area (Å²) in [5.74, 6) is 0.250.